The van der Waals surface area contributed by atoms with Crippen LogP contribution in [-0.2, 0) is 12.8 Å². The highest BCUT2D eigenvalue weighted by Crippen LogP contribution is 2.28. The summed E-state index contributed by atoms with van der Waals surface area (Å²) in [6, 6.07) is 2.09. The molecular weight excluding hydrogens is 280 g/mol. The molecule has 114 valence electrons. The Bertz CT molecular complexity index is 499. The van der Waals surface area contributed by atoms with Gasteiger partial charge in [-0.05, 0) is 63.0 Å². The van der Waals surface area contributed by atoms with E-state index in [1.165, 1.54) is 61.1 Å². The Balaban J connectivity index is 1.64. The van der Waals surface area contributed by atoms with Crippen LogP contribution < -0.4 is 5.43 Å². The number of nitrogens with zero attached hydrogens (tertiary/aromatic N) is 1. The van der Waals surface area contributed by atoms with Crippen LogP contribution in [0, 0.1) is 0 Å². The van der Waals surface area contributed by atoms with Crippen molar-refractivity contribution in [2.45, 2.75) is 70.6 Å². The van der Waals surface area contributed by atoms with Gasteiger partial charge in [-0.3, -0.25) is 4.79 Å². The Morgan fingerprint density at radius 3 is 2.43 bits per heavy atom. The molecule has 0 spiro atoms. The van der Waals surface area contributed by atoms with Gasteiger partial charge in [0, 0.05) is 10.6 Å². The van der Waals surface area contributed by atoms with Crippen LogP contribution in [0.15, 0.2) is 11.2 Å². The van der Waals surface area contributed by atoms with E-state index in [9.17, 15) is 4.79 Å². The summed E-state index contributed by atoms with van der Waals surface area (Å²) in [5, 5.41) is 4.37. The largest absolute Gasteiger partial charge is 0.281 e. The van der Waals surface area contributed by atoms with Crippen molar-refractivity contribution >= 4 is 23.0 Å². The van der Waals surface area contributed by atoms with E-state index in [2.05, 4.69) is 16.6 Å². The molecule has 0 atom stereocenters. The summed E-state index contributed by atoms with van der Waals surface area (Å²) in [5.74, 6) is -0.0233. The third-order valence-corrected chi connectivity index (χ3v) is 5.70. The van der Waals surface area contributed by atoms with Gasteiger partial charge in [0.05, 0.1) is 4.88 Å². The second-order valence-electron chi connectivity index (χ2n) is 6.15. The van der Waals surface area contributed by atoms with Crippen LogP contribution in [0.25, 0.3) is 0 Å². The van der Waals surface area contributed by atoms with E-state index < -0.39 is 0 Å². The van der Waals surface area contributed by atoms with Gasteiger partial charge in [-0.2, -0.15) is 5.10 Å². The molecule has 0 saturated heterocycles. The zero-order chi connectivity index (χ0) is 14.5. The maximum absolute atomic E-state index is 12.3. The number of amides is 1. The third-order valence-electron chi connectivity index (χ3n) is 4.47. The molecule has 4 heteroatoms. The first-order chi connectivity index (χ1) is 10.3. The Morgan fingerprint density at radius 1 is 0.952 bits per heavy atom. The van der Waals surface area contributed by atoms with Crippen LogP contribution in [-0.4, -0.2) is 11.6 Å². The molecule has 1 amide bonds. The van der Waals surface area contributed by atoms with Crippen LogP contribution in [0.2, 0.25) is 0 Å². The van der Waals surface area contributed by atoms with Crippen LogP contribution in [0.1, 0.15) is 77.9 Å². The smallest absolute Gasteiger partial charge is 0.266 e. The number of hydrogen-bond donors (Lipinski definition) is 1. The minimum Gasteiger partial charge on any atom is -0.266 e. The summed E-state index contributed by atoms with van der Waals surface area (Å²) < 4.78 is 0. The van der Waals surface area contributed by atoms with E-state index in [1.54, 1.807) is 11.3 Å². The Kier molecular flexibility index (Phi) is 5.07. The molecule has 3 nitrogen and oxygen atoms in total. The number of carbonyl (C=O) groups is 1. The zero-order valence-corrected chi connectivity index (χ0v) is 13.4. The van der Waals surface area contributed by atoms with Crippen LogP contribution in [0.3, 0.4) is 0 Å². The molecule has 0 aromatic carbocycles. The van der Waals surface area contributed by atoms with Gasteiger partial charge in [-0.25, -0.2) is 5.43 Å². The van der Waals surface area contributed by atoms with E-state index in [1.807, 2.05) is 0 Å². The summed E-state index contributed by atoms with van der Waals surface area (Å²) in [6.07, 6.45) is 13.2. The molecule has 2 aliphatic rings. The molecule has 21 heavy (non-hydrogen) atoms. The molecule has 0 bridgehead atoms. The van der Waals surface area contributed by atoms with Gasteiger partial charge in [-0.15, -0.1) is 11.3 Å². The summed E-state index contributed by atoms with van der Waals surface area (Å²) in [7, 11) is 0. The second-order valence-corrected chi connectivity index (χ2v) is 7.29. The van der Waals surface area contributed by atoms with Crippen molar-refractivity contribution in [3.63, 3.8) is 0 Å². The Labute approximate surface area is 130 Å². The van der Waals surface area contributed by atoms with Crippen LogP contribution in [0.4, 0.5) is 0 Å². The van der Waals surface area contributed by atoms with Crippen molar-refractivity contribution in [3.8, 4) is 0 Å². The van der Waals surface area contributed by atoms with Crippen molar-refractivity contribution in [1.82, 2.24) is 5.43 Å². The first kappa shape index (κ1) is 14.8. The molecule has 0 unspecified atom stereocenters. The molecule has 1 fully saturated rings. The first-order valence-electron chi connectivity index (χ1n) is 8.30. The number of thiophene rings is 1. The van der Waals surface area contributed by atoms with Gasteiger partial charge >= 0.3 is 0 Å². The lowest BCUT2D eigenvalue weighted by molar-refractivity contribution is 0.0958. The van der Waals surface area contributed by atoms with Crippen LogP contribution >= 0.6 is 11.3 Å². The van der Waals surface area contributed by atoms with Gasteiger partial charge in [0.25, 0.3) is 5.91 Å². The summed E-state index contributed by atoms with van der Waals surface area (Å²) in [4.78, 5) is 14.5. The number of nitrogens with one attached hydrogen (secondary N) is 1. The van der Waals surface area contributed by atoms with Crippen molar-refractivity contribution < 1.29 is 4.79 Å². The van der Waals surface area contributed by atoms with E-state index in [0.29, 0.717) is 0 Å². The molecule has 3 rings (SSSR count). The topological polar surface area (TPSA) is 41.5 Å². The fourth-order valence-corrected chi connectivity index (χ4v) is 4.36. The van der Waals surface area contributed by atoms with E-state index >= 15 is 0 Å². The molecular formula is C17H24N2OS. The van der Waals surface area contributed by atoms with Gasteiger partial charge in [-0.1, -0.05) is 19.3 Å². The van der Waals surface area contributed by atoms with E-state index in [-0.39, 0.29) is 5.91 Å². The number of rotatable bonds is 2. The predicted octanol–water partition coefficient (Wildman–Crippen LogP) is 4.46. The SMILES string of the molecule is O=C(NN=C1CCCCCC1)c1cc2c(s1)CCCCC2. The second kappa shape index (κ2) is 7.21. The van der Waals surface area contributed by atoms with Crippen molar-refractivity contribution in [1.29, 1.82) is 0 Å². The van der Waals surface area contributed by atoms with Gasteiger partial charge in [0.15, 0.2) is 0 Å². The number of fused-ring (bicyclic) bond motifs is 1. The van der Waals surface area contributed by atoms with Crippen LogP contribution in [0.5, 0.6) is 0 Å². The number of aryl methyl sites for hydroxylation is 2. The average Bonchev–Trinajstić information content (AvgIpc) is 2.70. The maximum atomic E-state index is 12.3. The summed E-state index contributed by atoms with van der Waals surface area (Å²) in [6.45, 7) is 0. The Hall–Kier alpha value is -1.16. The normalized spacial score (nSPS) is 19.3. The molecule has 1 aromatic heterocycles. The van der Waals surface area contributed by atoms with E-state index in [4.69, 9.17) is 0 Å². The predicted molar refractivity (Wildman–Crippen MR) is 88.2 cm³/mol. The highest BCUT2D eigenvalue weighted by Gasteiger charge is 2.16. The number of hydrazone groups is 1. The van der Waals surface area contributed by atoms with E-state index in [0.717, 1.165) is 30.6 Å². The zero-order valence-electron chi connectivity index (χ0n) is 12.6. The van der Waals surface area contributed by atoms with Crippen molar-refractivity contribution in [2.75, 3.05) is 0 Å². The highest BCUT2D eigenvalue weighted by atomic mass is 32.1. The standard InChI is InChI=1S/C17H24N2OS/c20-17(19-18-14-9-5-1-2-6-10-14)16-12-13-8-4-3-7-11-15(13)21-16/h12H,1-11H2,(H,19,20). The molecule has 0 aliphatic heterocycles. The molecule has 1 heterocycles. The first-order valence-corrected chi connectivity index (χ1v) is 9.12. The highest BCUT2D eigenvalue weighted by molar-refractivity contribution is 7.14. The summed E-state index contributed by atoms with van der Waals surface area (Å²) in [5.41, 5.74) is 5.34. The Morgan fingerprint density at radius 2 is 1.62 bits per heavy atom. The van der Waals surface area contributed by atoms with Gasteiger partial charge in [0.1, 0.15) is 0 Å². The average molecular weight is 304 g/mol. The molecule has 2 aliphatic carbocycles. The molecule has 0 radical (unpaired) electrons. The lowest BCUT2D eigenvalue weighted by Crippen LogP contribution is -2.18. The lowest BCUT2D eigenvalue weighted by Gasteiger charge is -2.02. The fraction of sp³-hybridized carbons (Fsp3) is 0.647. The maximum Gasteiger partial charge on any atom is 0.281 e. The van der Waals surface area contributed by atoms with Crippen molar-refractivity contribution in [3.05, 3.63) is 21.4 Å². The molecule has 1 N–H and O–H groups in total. The fourth-order valence-electron chi connectivity index (χ4n) is 3.21. The summed E-state index contributed by atoms with van der Waals surface area (Å²) >= 11 is 1.67. The quantitative estimate of drug-likeness (QED) is 0.489. The third kappa shape index (κ3) is 3.94. The van der Waals surface area contributed by atoms with Gasteiger partial charge in [0.2, 0.25) is 0 Å². The monoisotopic (exact) mass is 304 g/mol. The lowest BCUT2D eigenvalue weighted by atomic mass is 10.1. The minimum atomic E-state index is -0.0233. The van der Waals surface area contributed by atoms with Gasteiger partial charge < -0.3 is 0 Å². The number of hydrogen-bond acceptors (Lipinski definition) is 3. The number of carbonyl (C=O) groups excluding carboxylic acids is 1. The minimum absolute atomic E-state index is 0.0233. The molecule has 1 saturated carbocycles. The molecule has 1 aromatic rings. The van der Waals surface area contributed by atoms with Crippen molar-refractivity contribution in [2.24, 2.45) is 5.10 Å².